The van der Waals surface area contributed by atoms with Gasteiger partial charge in [-0.15, -0.1) is 0 Å². The average molecular weight is 307 g/mol. The zero-order valence-corrected chi connectivity index (χ0v) is 11.8. The Morgan fingerprint density at radius 1 is 1.36 bits per heavy atom. The van der Waals surface area contributed by atoms with Crippen molar-refractivity contribution < 1.29 is 19.2 Å². The van der Waals surface area contributed by atoms with Crippen LogP contribution >= 0.6 is 0 Å². The van der Waals surface area contributed by atoms with E-state index in [2.05, 4.69) is 15.4 Å². The number of aromatic nitrogens is 3. The van der Waals surface area contributed by atoms with E-state index in [1.165, 1.54) is 14.2 Å². The Balaban J connectivity index is 2.03. The van der Waals surface area contributed by atoms with Crippen LogP contribution in [0.25, 0.3) is 0 Å². The fourth-order valence-electron chi connectivity index (χ4n) is 1.71. The van der Waals surface area contributed by atoms with Crippen LogP contribution in [0, 0.1) is 10.1 Å². The summed E-state index contributed by atoms with van der Waals surface area (Å²) in [5.74, 6) is 0.0371. The first-order valence-electron chi connectivity index (χ1n) is 6.09. The average Bonchev–Trinajstić information content (AvgIpc) is 2.95. The highest BCUT2D eigenvalue weighted by Crippen LogP contribution is 2.29. The zero-order chi connectivity index (χ0) is 16.1. The van der Waals surface area contributed by atoms with E-state index in [0.29, 0.717) is 17.2 Å². The highest BCUT2D eigenvalue weighted by molar-refractivity contribution is 5.90. The number of nitrogens with one attached hydrogen (secondary N) is 1. The quantitative estimate of drug-likeness (QED) is 0.620. The summed E-state index contributed by atoms with van der Waals surface area (Å²) in [5.41, 5.74) is 0.497. The fraction of sp³-hybridized carbons (Fsp3) is 0.250. The van der Waals surface area contributed by atoms with E-state index in [0.717, 1.165) is 11.0 Å². The Morgan fingerprint density at radius 3 is 2.68 bits per heavy atom. The lowest BCUT2D eigenvalue weighted by molar-refractivity contribution is -0.394. The molecule has 0 fully saturated rings. The second kappa shape index (κ2) is 6.52. The summed E-state index contributed by atoms with van der Waals surface area (Å²) < 4.78 is 11.3. The number of ether oxygens (including phenoxy) is 2. The number of carbonyl (C=O) groups excluding carboxylic acids is 1. The Bertz CT molecular complexity index is 699. The van der Waals surface area contributed by atoms with E-state index in [1.807, 2.05) is 0 Å². The predicted molar refractivity (Wildman–Crippen MR) is 74.9 cm³/mol. The Morgan fingerprint density at radius 2 is 2.09 bits per heavy atom. The maximum absolute atomic E-state index is 11.9. The van der Waals surface area contributed by atoms with Crippen LogP contribution in [0.4, 0.5) is 11.6 Å². The van der Waals surface area contributed by atoms with Gasteiger partial charge in [0.15, 0.2) is 11.5 Å². The minimum Gasteiger partial charge on any atom is -0.493 e. The van der Waals surface area contributed by atoms with Crippen molar-refractivity contribution in [3.63, 3.8) is 0 Å². The van der Waals surface area contributed by atoms with Gasteiger partial charge in [-0.05, 0) is 17.1 Å². The van der Waals surface area contributed by atoms with Crippen LogP contribution in [0.2, 0.25) is 0 Å². The molecule has 1 amide bonds. The van der Waals surface area contributed by atoms with E-state index in [-0.39, 0.29) is 6.54 Å². The number of anilines is 1. The summed E-state index contributed by atoms with van der Waals surface area (Å²) in [7, 11) is 2.99. The number of benzene rings is 1. The van der Waals surface area contributed by atoms with Crippen LogP contribution in [-0.4, -0.2) is 39.8 Å². The number of rotatable bonds is 6. The molecule has 1 N–H and O–H groups in total. The summed E-state index contributed by atoms with van der Waals surface area (Å²) in [4.78, 5) is 25.1. The lowest BCUT2D eigenvalue weighted by atomic mass is 10.2. The minimum absolute atomic E-state index is 0.199. The normalized spacial score (nSPS) is 10.1. The Kier molecular flexibility index (Phi) is 4.51. The topological polar surface area (TPSA) is 121 Å². The number of nitro groups is 1. The van der Waals surface area contributed by atoms with E-state index in [4.69, 9.17) is 9.47 Å². The van der Waals surface area contributed by atoms with Gasteiger partial charge in [-0.1, -0.05) is 4.98 Å². The van der Waals surface area contributed by atoms with Crippen molar-refractivity contribution in [2.24, 2.45) is 0 Å². The molecule has 0 aliphatic heterocycles. The third-order valence-corrected chi connectivity index (χ3v) is 2.66. The molecule has 2 aromatic rings. The zero-order valence-electron chi connectivity index (χ0n) is 11.8. The first-order valence-corrected chi connectivity index (χ1v) is 6.09. The van der Waals surface area contributed by atoms with Crippen LogP contribution in [0.5, 0.6) is 11.5 Å². The number of methoxy groups -OCH3 is 2. The molecular formula is C12H13N5O5. The lowest BCUT2D eigenvalue weighted by Crippen LogP contribution is -2.19. The summed E-state index contributed by atoms with van der Waals surface area (Å²) in [5, 5.41) is 16.6. The summed E-state index contributed by atoms with van der Waals surface area (Å²) in [6, 6.07) is 4.89. The highest BCUT2D eigenvalue weighted by Gasteiger charge is 2.15. The van der Waals surface area contributed by atoms with Crippen LogP contribution in [0.15, 0.2) is 24.5 Å². The van der Waals surface area contributed by atoms with E-state index in [1.54, 1.807) is 18.2 Å². The molecular weight excluding hydrogens is 294 g/mol. The van der Waals surface area contributed by atoms with Gasteiger partial charge in [-0.2, -0.15) is 4.68 Å². The molecule has 1 aromatic heterocycles. The van der Waals surface area contributed by atoms with Crippen molar-refractivity contribution in [2.45, 2.75) is 6.54 Å². The van der Waals surface area contributed by atoms with Gasteiger partial charge in [-0.25, -0.2) is 0 Å². The monoisotopic (exact) mass is 307 g/mol. The van der Waals surface area contributed by atoms with Crippen molar-refractivity contribution in [3.8, 4) is 11.5 Å². The smallest absolute Gasteiger partial charge is 0.490 e. The summed E-state index contributed by atoms with van der Waals surface area (Å²) >= 11 is 0. The van der Waals surface area contributed by atoms with Gasteiger partial charge in [0.1, 0.15) is 6.54 Å². The number of hydrogen-bond donors (Lipinski definition) is 1. The number of amides is 1. The molecule has 0 radical (unpaired) electrons. The highest BCUT2D eigenvalue weighted by atomic mass is 16.6. The van der Waals surface area contributed by atoms with Crippen LogP contribution < -0.4 is 14.8 Å². The predicted octanol–water partition coefficient (Wildman–Crippen LogP) is 0.842. The fourth-order valence-corrected chi connectivity index (χ4v) is 1.71. The minimum atomic E-state index is -0.733. The first kappa shape index (κ1) is 15.2. The molecule has 0 aliphatic carbocycles. The van der Waals surface area contributed by atoms with Gasteiger partial charge in [0.2, 0.25) is 12.2 Å². The maximum atomic E-state index is 11.9. The third kappa shape index (κ3) is 3.48. The van der Waals surface area contributed by atoms with Gasteiger partial charge in [0.05, 0.1) is 14.2 Å². The van der Waals surface area contributed by atoms with E-state index >= 15 is 0 Å². The van der Waals surface area contributed by atoms with Crippen molar-refractivity contribution in [2.75, 3.05) is 19.5 Å². The molecule has 0 atom stereocenters. The van der Waals surface area contributed by atoms with Crippen LogP contribution in [0.3, 0.4) is 0 Å². The van der Waals surface area contributed by atoms with Crippen LogP contribution in [-0.2, 0) is 11.3 Å². The van der Waals surface area contributed by atoms with Gasteiger partial charge >= 0.3 is 5.95 Å². The first-order chi connectivity index (χ1) is 10.5. The molecule has 1 heterocycles. The van der Waals surface area contributed by atoms with Crippen molar-refractivity contribution >= 4 is 17.5 Å². The molecule has 10 heteroatoms. The molecule has 0 saturated heterocycles. The molecule has 0 spiro atoms. The van der Waals surface area contributed by atoms with E-state index in [9.17, 15) is 14.9 Å². The summed E-state index contributed by atoms with van der Waals surface area (Å²) in [6.07, 6.45) is 1.12. The Labute approximate surface area is 124 Å². The lowest BCUT2D eigenvalue weighted by Gasteiger charge is -2.10. The van der Waals surface area contributed by atoms with Gasteiger partial charge in [0, 0.05) is 16.9 Å². The van der Waals surface area contributed by atoms with E-state index < -0.39 is 16.8 Å². The maximum Gasteiger partial charge on any atom is 0.490 e. The van der Waals surface area contributed by atoms with Crippen molar-refractivity contribution in [1.82, 2.24) is 14.8 Å². The molecule has 116 valence electrons. The summed E-state index contributed by atoms with van der Waals surface area (Å²) in [6.45, 7) is -0.199. The number of nitrogens with zero attached hydrogens (tertiary/aromatic N) is 4. The van der Waals surface area contributed by atoms with Gasteiger partial charge in [-0.3, -0.25) is 4.79 Å². The second-order valence-corrected chi connectivity index (χ2v) is 4.12. The second-order valence-electron chi connectivity index (χ2n) is 4.12. The van der Waals surface area contributed by atoms with Gasteiger partial charge < -0.3 is 24.9 Å². The molecule has 0 bridgehead atoms. The molecule has 0 unspecified atom stereocenters. The van der Waals surface area contributed by atoms with Crippen molar-refractivity contribution in [1.29, 1.82) is 0 Å². The molecule has 2 rings (SSSR count). The third-order valence-electron chi connectivity index (χ3n) is 2.66. The molecule has 0 saturated carbocycles. The number of carbonyl (C=O) groups is 1. The molecule has 22 heavy (non-hydrogen) atoms. The SMILES string of the molecule is COc1ccc(NC(=O)Cn2cnc([N+](=O)[O-])n2)cc1OC. The van der Waals surface area contributed by atoms with Crippen LogP contribution in [0.1, 0.15) is 0 Å². The van der Waals surface area contributed by atoms with Gasteiger partial charge in [0.25, 0.3) is 0 Å². The van der Waals surface area contributed by atoms with Crippen molar-refractivity contribution in [3.05, 3.63) is 34.6 Å². The molecule has 10 nitrogen and oxygen atoms in total. The standard InChI is InChI=1S/C12H13N5O5/c1-21-9-4-3-8(5-10(9)22-2)14-11(18)6-16-7-13-12(15-16)17(19)20/h3-5,7H,6H2,1-2H3,(H,14,18). The largest absolute Gasteiger partial charge is 0.493 e. The molecule has 1 aromatic carbocycles. The number of hydrogen-bond acceptors (Lipinski definition) is 7. The Hall–Kier alpha value is -3.17. The molecule has 0 aliphatic rings.